The Hall–Kier alpha value is -2.44. The zero-order chi connectivity index (χ0) is 17.1. The van der Waals surface area contributed by atoms with Gasteiger partial charge in [0.05, 0.1) is 5.69 Å². The maximum atomic E-state index is 14.0. The summed E-state index contributed by atoms with van der Waals surface area (Å²) in [6, 6.07) is 2.52. The lowest BCUT2D eigenvalue weighted by Crippen LogP contribution is -2.35. The quantitative estimate of drug-likeness (QED) is 0.772. The van der Waals surface area contributed by atoms with Gasteiger partial charge in [-0.2, -0.15) is 0 Å². The van der Waals surface area contributed by atoms with E-state index in [1.54, 1.807) is 6.92 Å². The Labute approximate surface area is 133 Å². The third-order valence-electron chi connectivity index (χ3n) is 4.11. The highest BCUT2D eigenvalue weighted by Crippen LogP contribution is 2.37. The van der Waals surface area contributed by atoms with Gasteiger partial charge in [-0.1, -0.05) is 0 Å². The van der Waals surface area contributed by atoms with Crippen LogP contribution >= 0.6 is 0 Å². The van der Waals surface area contributed by atoms with Crippen molar-refractivity contribution in [2.75, 3.05) is 12.4 Å². The number of carbonyl (C=O) groups excluding carboxylic acids is 2. The third kappa shape index (κ3) is 3.85. The molecule has 0 aromatic heterocycles. The summed E-state index contributed by atoms with van der Waals surface area (Å²) in [5.74, 6) is -2.52. The topological polar surface area (TPSA) is 95.5 Å². The number of hydrogen-bond acceptors (Lipinski definition) is 3. The molecule has 0 aliphatic heterocycles. The third-order valence-corrected chi connectivity index (χ3v) is 4.11. The normalized spacial score (nSPS) is 19.6. The Morgan fingerprint density at radius 1 is 1.30 bits per heavy atom. The molecule has 0 saturated heterocycles. The molecule has 1 aromatic carbocycles. The molecule has 3 N–H and O–H groups in total. The predicted molar refractivity (Wildman–Crippen MR) is 81.6 cm³/mol. The standard InChI is InChI=1S/C16H19FN2O4/c1-8-3-12(17)13(7-11(8)16(23)18-2)19-15(22)10-4-9(5-10)6-14(20)21/h3,7,9-10H,4-6H2,1-2H3,(H,18,23)(H,19,22)(H,20,21). The molecule has 0 bridgehead atoms. The number of hydrogen-bond donors (Lipinski definition) is 3. The molecule has 1 aromatic rings. The van der Waals surface area contributed by atoms with Crippen LogP contribution in [0.15, 0.2) is 12.1 Å². The maximum absolute atomic E-state index is 14.0. The molecule has 1 saturated carbocycles. The Kier molecular flexibility index (Phi) is 4.98. The van der Waals surface area contributed by atoms with E-state index in [9.17, 15) is 18.8 Å². The summed E-state index contributed by atoms with van der Waals surface area (Å²) in [6.45, 7) is 1.61. The van der Waals surface area contributed by atoms with Gasteiger partial charge in [-0.3, -0.25) is 14.4 Å². The number of carboxylic acid groups (broad SMARTS) is 1. The molecule has 0 spiro atoms. The van der Waals surface area contributed by atoms with Gasteiger partial charge >= 0.3 is 5.97 Å². The average molecular weight is 322 g/mol. The summed E-state index contributed by atoms with van der Waals surface area (Å²) in [7, 11) is 1.47. The highest BCUT2D eigenvalue weighted by atomic mass is 19.1. The molecule has 0 heterocycles. The number of aliphatic carboxylic acids is 1. The lowest BCUT2D eigenvalue weighted by atomic mass is 9.73. The fourth-order valence-electron chi connectivity index (χ4n) is 2.75. The minimum atomic E-state index is -0.881. The first-order valence-corrected chi connectivity index (χ1v) is 7.36. The molecule has 2 amide bonds. The Morgan fingerprint density at radius 3 is 2.52 bits per heavy atom. The summed E-state index contributed by atoms with van der Waals surface area (Å²) < 4.78 is 14.0. The number of benzene rings is 1. The molecule has 6 nitrogen and oxygen atoms in total. The second-order valence-corrected chi connectivity index (χ2v) is 5.85. The van der Waals surface area contributed by atoms with Crippen LogP contribution in [-0.4, -0.2) is 29.9 Å². The van der Waals surface area contributed by atoms with Gasteiger partial charge < -0.3 is 15.7 Å². The van der Waals surface area contributed by atoms with Gasteiger partial charge in [-0.25, -0.2) is 4.39 Å². The van der Waals surface area contributed by atoms with Gasteiger partial charge in [0, 0.05) is 24.9 Å². The number of halogens is 1. The van der Waals surface area contributed by atoms with E-state index in [0.717, 1.165) is 0 Å². The van der Waals surface area contributed by atoms with E-state index in [-0.39, 0.29) is 35.8 Å². The summed E-state index contributed by atoms with van der Waals surface area (Å²) in [5, 5.41) is 13.6. The Balaban J connectivity index is 2.04. The minimum absolute atomic E-state index is 0.00690. The smallest absolute Gasteiger partial charge is 0.303 e. The lowest BCUT2D eigenvalue weighted by molar-refractivity contribution is -0.140. The molecule has 2 rings (SSSR count). The van der Waals surface area contributed by atoms with Crippen LogP contribution in [0.2, 0.25) is 0 Å². The number of aryl methyl sites for hydroxylation is 1. The van der Waals surface area contributed by atoms with Gasteiger partial charge in [0.1, 0.15) is 5.82 Å². The molecule has 7 heteroatoms. The van der Waals surface area contributed by atoms with Crippen LogP contribution in [0, 0.1) is 24.6 Å². The second kappa shape index (κ2) is 6.76. The number of amides is 2. The summed E-state index contributed by atoms with van der Waals surface area (Å²) in [6.07, 6.45) is 1.01. The van der Waals surface area contributed by atoms with Crippen molar-refractivity contribution >= 4 is 23.5 Å². The monoisotopic (exact) mass is 322 g/mol. The van der Waals surface area contributed by atoms with Crippen molar-refractivity contribution in [1.29, 1.82) is 0 Å². The van der Waals surface area contributed by atoms with E-state index >= 15 is 0 Å². The number of rotatable bonds is 5. The number of nitrogens with one attached hydrogen (secondary N) is 2. The Morgan fingerprint density at radius 2 is 1.96 bits per heavy atom. The lowest BCUT2D eigenvalue weighted by Gasteiger charge is -2.33. The molecule has 1 aliphatic carbocycles. The maximum Gasteiger partial charge on any atom is 0.303 e. The fourth-order valence-corrected chi connectivity index (χ4v) is 2.75. The summed E-state index contributed by atoms with van der Waals surface area (Å²) >= 11 is 0. The minimum Gasteiger partial charge on any atom is -0.481 e. The molecule has 1 aliphatic rings. The van der Waals surface area contributed by atoms with Crippen LogP contribution in [0.25, 0.3) is 0 Å². The van der Waals surface area contributed by atoms with E-state index < -0.39 is 11.8 Å². The summed E-state index contributed by atoms with van der Waals surface area (Å²) in [4.78, 5) is 34.4. The van der Waals surface area contributed by atoms with Gasteiger partial charge in [0.25, 0.3) is 5.91 Å². The number of anilines is 1. The zero-order valence-electron chi connectivity index (χ0n) is 13.0. The van der Waals surface area contributed by atoms with Crippen molar-refractivity contribution in [3.8, 4) is 0 Å². The van der Waals surface area contributed by atoms with Crippen LogP contribution in [0.5, 0.6) is 0 Å². The second-order valence-electron chi connectivity index (χ2n) is 5.85. The van der Waals surface area contributed by atoms with Crippen LogP contribution in [-0.2, 0) is 9.59 Å². The molecule has 0 radical (unpaired) electrons. The highest BCUT2D eigenvalue weighted by Gasteiger charge is 2.35. The van der Waals surface area contributed by atoms with E-state index in [1.807, 2.05) is 0 Å². The van der Waals surface area contributed by atoms with E-state index in [1.165, 1.54) is 19.2 Å². The first-order chi connectivity index (χ1) is 10.8. The van der Waals surface area contributed by atoms with Gasteiger partial charge in [-0.05, 0) is 43.4 Å². The zero-order valence-corrected chi connectivity index (χ0v) is 13.0. The molecule has 0 unspecified atom stereocenters. The van der Waals surface area contributed by atoms with Crippen molar-refractivity contribution in [3.63, 3.8) is 0 Å². The molecule has 124 valence electrons. The van der Waals surface area contributed by atoms with Crippen molar-refractivity contribution in [2.24, 2.45) is 11.8 Å². The van der Waals surface area contributed by atoms with Gasteiger partial charge in [0.15, 0.2) is 0 Å². The first kappa shape index (κ1) is 16.9. The SMILES string of the molecule is CNC(=O)c1cc(NC(=O)C2CC(CC(=O)O)C2)c(F)cc1C. The van der Waals surface area contributed by atoms with E-state index in [2.05, 4.69) is 10.6 Å². The highest BCUT2D eigenvalue weighted by molar-refractivity contribution is 5.99. The van der Waals surface area contributed by atoms with Gasteiger partial charge in [-0.15, -0.1) is 0 Å². The largest absolute Gasteiger partial charge is 0.481 e. The number of carbonyl (C=O) groups is 3. The van der Waals surface area contributed by atoms with E-state index in [4.69, 9.17) is 5.11 Å². The van der Waals surface area contributed by atoms with Crippen molar-refractivity contribution < 1.29 is 23.9 Å². The molecule has 1 fully saturated rings. The van der Waals surface area contributed by atoms with Crippen LogP contribution < -0.4 is 10.6 Å². The van der Waals surface area contributed by atoms with E-state index in [0.29, 0.717) is 24.0 Å². The number of carboxylic acids is 1. The fraction of sp³-hybridized carbons (Fsp3) is 0.438. The molecular weight excluding hydrogens is 303 g/mol. The molecular formula is C16H19FN2O4. The predicted octanol–water partition coefficient (Wildman–Crippen LogP) is 1.93. The molecule has 0 atom stereocenters. The van der Waals surface area contributed by atoms with Crippen molar-refractivity contribution in [3.05, 3.63) is 29.1 Å². The Bertz CT molecular complexity index is 654. The van der Waals surface area contributed by atoms with Crippen molar-refractivity contribution in [1.82, 2.24) is 5.32 Å². The summed E-state index contributed by atoms with van der Waals surface area (Å²) in [5.41, 5.74) is 0.729. The molecule has 23 heavy (non-hydrogen) atoms. The average Bonchev–Trinajstić information content (AvgIpc) is 2.44. The van der Waals surface area contributed by atoms with Crippen molar-refractivity contribution in [2.45, 2.75) is 26.2 Å². The van der Waals surface area contributed by atoms with Gasteiger partial charge in [0.2, 0.25) is 5.91 Å². The van der Waals surface area contributed by atoms with Crippen LogP contribution in [0.4, 0.5) is 10.1 Å². The first-order valence-electron chi connectivity index (χ1n) is 7.36. The van der Waals surface area contributed by atoms with Crippen LogP contribution in [0.3, 0.4) is 0 Å². The van der Waals surface area contributed by atoms with Crippen LogP contribution in [0.1, 0.15) is 35.2 Å².